The molecule has 2 heterocycles. The monoisotopic (exact) mass is 1050 g/mol. The van der Waals surface area contributed by atoms with Crippen LogP contribution in [0.3, 0.4) is 0 Å². The highest BCUT2D eigenvalue weighted by Gasteiger charge is 2.62. The molecule has 70 heavy (non-hydrogen) atoms. The Morgan fingerprint density at radius 3 is 1.46 bits per heavy atom. The van der Waals surface area contributed by atoms with Crippen LogP contribution >= 0.6 is 24.0 Å². The molecule has 0 bridgehead atoms. The molecule has 1 N–H and O–H groups in total. The quantitative estimate of drug-likeness (QED) is 0.0524. The lowest BCUT2D eigenvalue weighted by molar-refractivity contribution is -0.152. The van der Waals surface area contributed by atoms with Crippen molar-refractivity contribution in [1.82, 2.24) is 9.80 Å². The summed E-state index contributed by atoms with van der Waals surface area (Å²) in [5.41, 5.74) is -0.366. The van der Waals surface area contributed by atoms with Crippen molar-refractivity contribution in [1.29, 1.82) is 0 Å². The smallest absolute Gasteiger partial charge is 0.411 e. The number of thiocarbonyl (C=S) groups is 1. The summed E-state index contributed by atoms with van der Waals surface area (Å²) in [6.07, 6.45) is 2.90. The van der Waals surface area contributed by atoms with Gasteiger partial charge < -0.3 is 37.6 Å². The highest BCUT2D eigenvalue weighted by Crippen LogP contribution is 2.48. The number of nitrogens with zero attached hydrogens (tertiary/aromatic N) is 2. The van der Waals surface area contributed by atoms with E-state index in [4.69, 9.17) is 44.8 Å². The third-order valence-corrected chi connectivity index (χ3v) is 23.9. The topological polar surface area (TPSA) is 160 Å². The minimum atomic E-state index is -2.22. The van der Waals surface area contributed by atoms with Crippen molar-refractivity contribution in [2.45, 2.75) is 143 Å². The van der Waals surface area contributed by atoms with Crippen LogP contribution in [0.1, 0.15) is 80.4 Å². The summed E-state index contributed by atoms with van der Waals surface area (Å²) in [5.74, 6) is -1.17. The molecule has 2 aliphatic rings. The van der Waals surface area contributed by atoms with Gasteiger partial charge in [-0.15, -0.1) is 13.2 Å². The summed E-state index contributed by atoms with van der Waals surface area (Å²) in [6.45, 7) is 29.5. The first-order valence-corrected chi connectivity index (χ1v) is 30.2. The lowest BCUT2D eigenvalue weighted by Gasteiger charge is -2.43. The molecule has 2 aliphatic heterocycles. The molecule has 0 spiro atoms. The Bertz CT molecular complexity index is 2030. The first-order chi connectivity index (χ1) is 31.7. The first-order valence-electron chi connectivity index (χ1n) is 22.7. The largest absolute Gasteiger partial charge is 0.473 e. The molecule has 2 saturated heterocycles. The summed E-state index contributed by atoms with van der Waals surface area (Å²) < 4.78 is 40.9. The molecule has 0 aliphatic carbocycles. The Kier molecular flexibility index (Phi) is 24.8. The molecule has 394 valence electrons. The number of thioether (sulfide) groups is 1. The molecular weight excluding hydrogens is 965 g/mol. The molecule has 0 radical (unpaired) electrons. The molecule has 0 aromatic heterocycles. The third-order valence-electron chi connectivity index (χ3n) is 13.9. The van der Waals surface area contributed by atoms with E-state index in [-0.39, 0.29) is 70.9 Å². The van der Waals surface area contributed by atoms with Gasteiger partial charge >= 0.3 is 24.1 Å². The van der Waals surface area contributed by atoms with Crippen LogP contribution < -0.4 is 0 Å². The van der Waals surface area contributed by atoms with Gasteiger partial charge in [0.25, 0.3) is 0 Å². The zero-order valence-electron chi connectivity index (χ0n) is 42.5. The number of β-amino-alcohol motifs (C(OH)–C–C–N with tert-alkyl or cyclic N) is 1. The third kappa shape index (κ3) is 15.5. The van der Waals surface area contributed by atoms with Crippen LogP contribution in [0.25, 0.3) is 0 Å². The summed E-state index contributed by atoms with van der Waals surface area (Å²) in [4.78, 5) is 55.1. The van der Waals surface area contributed by atoms with Crippen molar-refractivity contribution in [2.24, 2.45) is 10.8 Å². The molecule has 4 rings (SSSR count). The van der Waals surface area contributed by atoms with E-state index in [0.717, 1.165) is 11.1 Å². The Hall–Kier alpha value is -4.05. The van der Waals surface area contributed by atoms with E-state index in [1.54, 1.807) is 12.2 Å². The van der Waals surface area contributed by atoms with E-state index >= 15 is 0 Å². The number of ether oxygens (including phenoxy) is 5. The Balaban J connectivity index is 0.000000685. The molecule has 6 atom stereocenters. The number of aliphatic hydroxyl groups excluding tert-OH is 1. The highest BCUT2D eigenvalue weighted by molar-refractivity contribution is 8.22. The van der Waals surface area contributed by atoms with Crippen LogP contribution in [0.2, 0.25) is 36.3 Å². The second-order valence-electron chi connectivity index (χ2n) is 20.4. The second-order valence-corrected chi connectivity index (χ2v) is 31.4. The van der Waals surface area contributed by atoms with Gasteiger partial charge in [0.05, 0.1) is 44.2 Å². The number of hydrogen-bond donors (Lipinski definition) is 1. The van der Waals surface area contributed by atoms with Crippen molar-refractivity contribution >= 4 is 69.1 Å². The number of rotatable bonds is 17. The normalized spacial score (nSPS) is 22.2. The number of allylic oxidation sites excluding steroid dienone is 2. The number of carbonyl (C=O) groups is 4. The van der Waals surface area contributed by atoms with Gasteiger partial charge in [-0.2, -0.15) is 0 Å². The first kappa shape index (κ1) is 64.0. The van der Waals surface area contributed by atoms with Crippen LogP contribution in [0, 0.1) is 10.8 Å². The minimum Gasteiger partial charge on any atom is -0.473 e. The number of hydrogen-bond acceptors (Lipinski definition) is 14. The fourth-order valence-corrected chi connectivity index (χ4v) is 10.2. The fourth-order valence-electron chi connectivity index (χ4n) is 7.70. The Morgan fingerprint density at radius 1 is 0.714 bits per heavy atom. The van der Waals surface area contributed by atoms with E-state index < -0.39 is 75.9 Å². The second kappa shape index (κ2) is 27.1. The van der Waals surface area contributed by atoms with Crippen LogP contribution in [-0.4, -0.2) is 131 Å². The number of amides is 2. The number of esters is 2. The molecule has 2 aromatic rings. The number of likely N-dealkylation sites (tertiary alicyclic amines) is 2. The summed E-state index contributed by atoms with van der Waals surface area (Å²) in [7, 11) is -1.84. The van der Waals surface area contributed by atoms with Crippen molar-refractivity contribution in [3.63, 3.8) is 0 Å². The predicted molar refractivity (Wildman–Crippen MR) is 290 cm³/mol. The lowest BCUT2D eigenvalue weighted by Crippen LogP contribution is -2.55. The maximum atomic E-state index is 13.3. The molecule has 2 amide bonds. The lowest BCUT2D eigenvalue weighted by atomic mass is 9.76. The fraction of sp³-hybridized carbons (Fsp3) is 0.596. The van der Waals surface area contributed by atoms with Crippen LogP contribution in [0.15, 0.2) is 86.0 Å². The summed E-state index contributed by atoms with van der Waals surface area (Å²) in [5, 5.41) is 11.0. The van der Waals surface area contributed by atoms with Crippen molar-refractivity contribution < 1.29 is 56.8 Å². The number of aliphatic hydroxyl groups is 1. The highest BCUT2D eigenvalue weighted by atomic mass is 32.2. The van der Waals surface area contributed by atoms with Gasteiger partial charge in [-0.05, 0) is 78.7 Å². The van der Waals surface area contributed by atoms with Crippen molar-refractivity contribution in [3.8, 4) is 0 Å². The van der Waals surface area contributed by atoms with Gasteiger partial charge in [0.2, 0.25) is 4.38 Å². The van der Waals surface area contributed by atoms with Crippen LogP contribution in [0.5, 0.6) is 0 Å². The molecular formula is C52H84N2O12S2Si2. The zero-order valence-corrected chi connectivity index (χ0v) is 46.1. The number of methoxy groups -OCH3 is 2. The summed E-state index contributed by atoms with van der Waals surface area (Å²) >= 11 is 6.67. The molecule has 0 unspecified atom stereocenters. The van der Waals surface area contributed by atoms with Gasteiger partial charge in [0.1, 0.15) is 31.4 Å². The van der Waals surface area contributed by atoms with Gasteiger partial charge in [-0.25, -0.2) is 19.2 Å². The average molecular weight is 1050 g/mol. The summed E-state index contributed by atoms with van der Waals surface area (Å²) in [6, 6.07) is 16.6. The molecule has 0 saturated carbocycles. The SMILES string of the molecule is C.C.C=CC[C@]1(CO[Si](C)(C)C(C)(C)C)[C@H](O)CN(C(=O)OCc2ccccc2)[C@@H]1C(=O)OC.C=CC[C@]1(CO[Si](C)(C)C(C)(C)C)[C@H](OC(=S)SC)CN(C(=O)OCc2ccccc2)[C@@H]1C(=O)OC. The van der Waals surface area contributed by atoms with Gasteiger partial charge in [-0.1, -0.05) is 141 Å². The molecule has 14 nitrogen and oxygen atoms in total. The maximum Gasteiger partial charge on any atom is 0.411 e. The predicted octanol–water partition coefficient (Wildman–Crippen LogP) is 11.2. The number of benzene rings is 2. The Labute approximate surface area is 431 Å². The average Bonchev–Trinajstić information content (AvgIpc) is 3.76. The maximum absolute atomic E-state index is 13.3. The van der Waals surface area contributed by atoms with E-state index in [1.807, 2.05) is 66.9 Å². The van der Waals surface area contributed by atoms with Gasteiger partial charge in [-0.3, -0.25) is 9.80 Å². The molecule has 2 aromatic carbocycles. The van der Waals surface area contributed by atoms with E-state index in [0.29, 0.717) is 10.8 Å². The Morgan fingerprint density at radius 2 is 1.09 bits per heavy atom. The standard InChI is InChI=1S/C26H39NO6S2Si.C24H37NO6Si.2CH4/c1-9-15-26(18-32-36(7,8)25(2,3)4)20(33-24(34)35-6)16-27(21(26)22(28)30-5)23(29)31-17-19-13-11-10-12-14-19;1-8-14-24(17-31-32(6,7)23(2,3)4)19(26)15-25(20(24)21(27)29-5)22(28)30-16-18-12-10-9-11-13-18;;/h9-14,20-21H,1,15-18H2,2-8H3;8-13,19-20,26H,1,14-17H2,2-7H3;2*1H4/t20-,21-,26+;19-,20-,24+;;/m11../s1. The van der Waals surface area contributed by atoms with E-state index in [1.165, 1.54) is 35.8 Å². The van der Waals surface area contributed by atoms with Gasteiger partial charge in [0, 0.05) is 13.2 Å². The number of carbonyl (C=O) groups excluding carboxylic acids is 4. The van der Waals surface area contributed by atoms with E-state index in [2.05, 4.69) is 80.9 Å². The minimum absolute atomic E-state index is 0. The van der Waals surface area contributed by atoms with Gasteiger partial charge in [0.15, 0.2) is 16.6 Å². The molecule has 2 fully saturated rings. The van der Waals surface area contributed by atoms with Crippen LogP contribution in [-0.2, 0) is 55.3 Å². The van der Waals surface area contributed by atoms with Crippen molar-refractivity contribution in [2.75, 3.05) is 46.8 Å². The van der Waals surface area contributed by atoms with Crippen LogP contribution in [0.4, 0.5) is 9.59 Å². The van der Waals surface area contributed by atoms with E-state index in [9.17, 15) is 24.3 Å². The zero-order chi connectivity index (χ0) is 51.3. The molecule has 18 heteroatoms. The van der Waals surface area contributed by atoms with Crippen molar-refractivity contribution in [3.05, 3.63) is 97.1 Å².